The Morgan fingerprint density at radius 1 is 1.67 bits per heavy atom. The van der Waals surface area contributed by atoms with Crippen molar-refractivity contribution in [3.05, 3.63) is 16.6 Å². The summed E-state index contributed by atoms with van der Waals surface area (Å²) in [5.74, 6) is 0.776. The number of hydrogen-bond donors (Lipinski definition) is 1. The molecule has 0 aliphatic heterocycles. The fourth-order valence-corrected chi connectivity index (χ4v) is 2.50. The molecule has 1 N–H and O–H groups in total. The molecule has 1 heterocycles. The van der Waals surface area contributed by atoms with E-state index in [9.17, 15) is 0 Å². The van der Waals surface area contributed by atoms with Gasteiger partial charge in [-0.2, -0.15) is 5.26 Å². The molecule has 1 atom stereocenters. The van der Waals surface area contributed by atoms with Gasteiger partial charge >= 0.3 is 0 Å². The van der Waals surface area contributed by atoms with Gasteiger partial charge < -0.3 is 5.32 Å². The average Bonchev–Trinajstić information content (AvgIpc) is 2.93. The highest BCUT2D eigenvalue weighted by atomic mass is 32.1. The Labute approximate surface area is 94.1 Å². The molecule has 1 fully saturated rings. The first-order chi connectivity index (χ1) is 7.42. The Hall–Kier alpha value is -0.920. The molecule has 1 aliphatic rings. The summed E-state index contributed by atoms with van der Waals surface area (Å²) < 4.78 is 0. The second kappa shape index (κ2) is 5.24. The van der Waals surface area contributed by atoms with Gasteiger partial charge in [-0.15, -0.1) is 11.3 Å². The molecule has 0 bridgehead atoms. The van der Waals surface area contributed by atoms with Crippen LogP contribution in [0.3, 0.4) is 0 Å². The minimum atomic E-state index is 0.434. The number of nitriles is 1. The molecule has 1 aliphatic carbocycles. The van der Waals surface area contributed by atoms with Gasteiger partial charge in [-0.3, -0.25) is 0 Å². The highest BCUT2D eigenvalue weighted by Gasteiger charge is 2.33. The quantitative estimate of drug-likeness (QED) is 0.751. The van der Waals surface area contributed by atoms with Gasteiger partial charge in [-0.1, -0.05) is 0 Å². The molecule has 2 rings (SSSR count). The molecular weight excluding hydrogens is 206 g/mol. The summed E-state index contributed by atoms with van der Waals surface area (Å²) in [5.41, 5.74) is 0. The van der Waals surface area contributed by atoms with Crippen LogP contribution in [-0.4, -0.2) is 11.5 Å². The Balaban J connectivity index is 1.82. The van der Waals surface area contributed by atoms with Crippen molar-refractivity contribution in [3.63, 3.8) is 0 Å². The van der Waals surface area contributed by atoms with Gasteiger partial charge in [0.15, 0.2) is 0 Å². The predicted octanol–water partition coefficient (Wildman–Crippen LogP) is 2.49. The van der Waals surface area contributed by atoms with Crippen LogP contribution in [0.4, 0.5) is 0 Å². The van der Waals surface area contributed by atoms with Crippen molar-refractivity contribution in [3.8, 4) is 6.07 Å². The van der Waals surface area contributed by atoms with E-state index in [0.29, 0.717) is 12.5 Å². The second-order valence-corrected chi connectivity index (χ2v) is 4.83. The first-order valence-corrected chi connectivity index (χ1v) is 6.29. The SMILES string of the molecule is N#CCCCNC(c1nccs1)C1CC1. The second-order valence-electron chi connectivity index (χ2n) is 3.90. The van der Waals surface area contributed by atoms with Crippen LogP contribution in [0, 0.1) is 17.2 Å². The summed E-state index contributed by atoms with van der Waals surface area (Å²) in [7, 11) is 0. The van der Waals surface area contributed by atoms with Crippen molar-refractivity contribution in [2.45, 2.75) is 31.7 Å². The molecule has 0 aromatic carbocycles. The van der Waals surface area contributed by atoms with Crippen LogP contribution < -0.4 is 5.32 Å². The first-order valence-electron chi connectivity index (χ1n) is 5.41. The fourth-order valence-electron chi connectivity index (χ4n) is 1.70. The molecule has 1 saturated carbocycles. The van der Waals surface area contributed by atoms with E-state index < -0.39 is 0 Å². The monoisotopic (exact) mass is 221 g/mol. The first kappa shape index (κ1) is 10.6. The smallest absolute Gasteiger partial charge is 0.110 e. The van der Waals surface area contributed by atoms with Gasteiger partial charge in [-0.25, -0.2) is 4.98 Å². The van der Waals surface area contributed by atoms with Crippen LogP contribution in [0.15, 0.2) is 11.6 Å². The molecule has 0 saturated heterocycles. The molecule has 1 aromatic heterocycles. The lowest BCUT2D eigenvalue weighted by Crippen LogP contribution is -2.23. The average molecular weight is 221 g/mol. The summed E-state index contributed by atoms with van der Waals surface area (Å²) in [5, 5.41) is 15.2. The van der Waals surface area contributed by atoms with E-state index in [1.165, 1.54) is 17.8 Å². The standard InChI is InChI=1S/C11H15N3S/c12-5-1-2-6-13-10(9-3-4-9)11-14-7-8-15-11/h7-10,13H,1-4,6H2. The maximum absolute atomic E-state index is 8.45. The van der Waals surface area contributed by atoms with Crippen LogP contribution in [0.5, 0.6) is 0 Å². The van der Waals surface area contributed by atoms with E-state index in [4.69, 9.17) is 5.26 Å². The third-order valence-corrected chi connectivity index (χ3v) is 3.50. The van der Waals surface area contributed by atoms with E-state index in [1.54, 1.807) is 11.3 Å². The summed E-state index contributed by atoms with van der Waals surface area (Å²) >= 11 is 1.72. The molecule has 3 nitrogen and oxygen atoms in total. The van der Waals surface area contributed by atoms with Crippen LogP contribution in [0.2, 0.25) is 0 Å². The van der Waals surface area contributed by atoms with Gasteiger partial charge in [0.1, 0.15) is 5.01 Å². The van der Waals surface area contributed by atoms with Crippen molar-refractivity contribution in [2.75, 3.05) is 6.54 Å². The van der Waals surface area contributed by atoms with Crippen molar-refractivity contribution in [2.24, 2.45) is 5.92 Å². The zero-order valence-corrected chi connectivity index (χ0v) is 9.46. The predicted molar refractivity (Wildman–Crippen MR) is 60.4 cm³/mol. The number of thiazole rings is 1. The topological polar surface area (TPSA) is 48.7 Å². The molecule has 1 aromatic rings. The van der Waals surface area contributed by atoms with Crippen LogP contribution in [0.1, 0.15) is 36.7 Å². The summed E-state index contributed by atoms with van der Waals surface area (Å²) in [4.78, 5) is 4.37. The Morgan fingerprint density at radius 3 is 3.13 bits per heavy atom. The minimum absolute atomic E-state index is 0.434. The number of nitrogens with zero attached hydrogens (tertiary/aromatic N) is 2. The Kier molecular flexibility index (Phi) is 3.70. The zero-order chi connectivity index (χ0) is 10.5. The molecule has 0 radical (unpaired) electrons. The van der Waals surface area contributed by atoms with Crippen molar-refractivity contribution in [1.82, 2.24) is 10.3 Å². The molecule has 80 valence electrons. The number of aromatic nitrogens is 1. The molecular formula is C11H15N3S. The van der Waals surface area contributed by atoms with Crippen molar-refractivity contribution < 1.29 is 0 Å². The van der Waals surface area contributed by atoms with E-state index in [0.717, 1.165) is 18.9 Å². The van der Waals surface area contributed by atoms with E-state index in [1.807, 2.05) is 11.6 Å². The van der Waals surface area contributed by atoms with Crippen LogP contribution in [0.25, 0.3) is 0 Å². The molecule has 1 unspecified atom stereocenters. The van der Waals surface area contributed by atoms with Gasteiger partial charge in [-0.05, 0) is 31.7 Å². The highest BCUT2D eigenvalue weighted by Crippen LogP contribution is 2.41. The summed E-state index contributed by atoms with van der Waals surface area (Å²) in [6.07, 6.45) is 6.07. The maximum atomic E-state index is 8.45. The molecule has 4 heteroatoms. The van der Waals surface area contributed by atoms with Crippen LogP contribution in [-0.2, 0) is 0 Å². The highest BCUT2D eigenvalue weighted by molar-refractivity contribution is 7.09. The van der Waals surface area contributed by atoms with Crippen molar-refractivity contribution >= 4 is 11.3 Å². The molecule has 0 amide bonds. The molecule has 0 spiro atoms. The lowest BCUT2D eigenvalue weighted by Gasteiger charge is -2.14. The lowest BCUT2D eigenvalue weighted by atomic mass is 10.2. The largest absolute Gasteiger partial charge is 0.308 e. The normalized spacial score (nSPS) is 17.3. The Morgan fingerprint density at radius 2 is 2.53 bits per heavy atom. The van der Waals surface area contributed by atoms with Gasteiger partial charge in [0.25, 0.3) is 0 Å². The van der Waals surface area contributed by atoms with E-state index in [2.05, 4.69) is 16.4 Å². The lowest BCUT2D eigenvalue weighted by molar-refractivity contribution is 0.475. The van der Waals surface area contributed by atoms with Gasteiger partial charge in [0.2, 0.25) is 0 Å². The number of unbranched alkanes of at least 4 members (excludes halogenated alkanes) is 1. The summed E-state index contributed by atoms with van der Waals surface area (Å²) in [6.45, 7) is 0.925. The molecule has 15 heavy (non-hydrogen) atoms. The Bertz CT molecular complexity index is 324. The van der Waals surface area contributed by atoms with E-state index in [-0.39, 0.29) is 0 Å². The van der Waals surface area contributed by atoms with Crippen molar-refractivity contribution in [1.29, 1.82) is 5.26 Å². The third kappa shape index (κ3) is 3.01. The summed E-state index contributed by atoms with van der Waals surface area (Å²) in [6, 6.07) is 2.60. The number of nitrogens with one attached hydrogen (secondary N) is 1. The van der Waals surface area contributed by atoms with E-state index >= 15 is 0 Å². The maximum Gasteiger partial charge on any atom is 0.110 e. The fraction of sp³-hybridized carbons (Fsp3) is 0.636. The number of rotatable bonds is 6. The minimum Gasteiger partial charge on any atom is -0.308 e. The van der Waals surface area contributed by atoms with Gasteiger partial charge in [0.05, 0.1) is 12.1 Å². The zero-order valence-electron chi connectivity index (χ0n) is 8.65. The van der Waals surface area contributed by atoms with Crippen LogP contribution >= 0.6 is 11.3 Å². The van der Waals surface area contributed by atoms with Gasteiger partial charge in [0, 0.05) is 18.0 Å². The third-order valence-electron chi connectivity index (χ3n) is 2.64. The number of hydrogen-bond acceptors (Lipinski definition) is 4.